The van der Waals surface area contributed by atoms with Crippen molar-refractivity contribution in [1.82, 2.24) is 4.98 Å². The number of aromatic carboxylic acids is 1. The smallest absolute Gasteiger partial charge is 0.339 e. The number of nitrogens with zero attached hydrogens (tertiary/aromatic N) is 2. The highest BCUT2D eigenvalue weighted by molar-refractivity contribution is 5.98. The Balaban J connectivity index is 3.24. The van der Waals surface area contributed by atoms with Gasteiger partial charge in [-0.2, -0.15) is 0 Å². The largest absolute Gasteiger partial charge is 0.478 e. The van der Waals surface area contributed by atoms with Crippen molar-refractivity contribution in [2.24, 2.45) is 0 Å². The Morgan fingerprint density at radius 2 is 2.19 bits per heavy atom. The van der Waals surface area contributed by atoms with Gasteiger partial charge in [-0.1, -0.05) is 0 Å². The number of carbonyl (C=O) groups is 2. The van der Waals surface area contributed by atoms with Gasteiger partial charge in [-0.25, -0.2) is 9.78 Å². The van der Waals surface area contributed by atoms with Crippen molar-refractivity contribution in [2.45, 2.75) is 6.92 Å². The van der Waals surface area contributed by atoms with Crippen LogP contribution >= 0.6 is 0 Å². The molecule has 0 unspecified atom stereocenters. The summed E-state index contributed by atoms with van der Waals surface area (Å²) in [7, 11) is 0. The molecule has 2 N–H and O–H groups in total. The molecule has 0 aromatic carbocycles. The lowest BCUT2D eigenvalue weighted by Crippen LogP contribution is -2.12. The Hall–Kier alpha value is -2.51. The van der Waals surface area contributed by atoms with Crippen LogP contribution in [0.5, 0.6) is 0 Å². The summed E-state index contributed by atoms with van der Waals surface area (Å²) >= 11 is 0. The first-order chi connectivity index (χ1) is 7.41. The van der Waals surface area contributed by atoms with Crippen LogP contribution in [0, 0.1) is 10.1 Å². The van der Waals surface area contributed by atoms with Crippen LogP contribution in [-0.4, -0.2) is 26.9 Å². The number of anilines is 1. The van der Waals surface area contributed by atoms with Crippen molar-refractivity contribution in [3.63, 3.8) is 0 Å². The molecule has 1 amide bonds. The highest BCUT2D eigenvalue weighted by Gasteiger charge is 2.17. The molecule has 0 aliphatic rings. The van der Waals surface area contributed by atoms with Gasteiger partial charge in [0.15, 0.2) is 0 Å². The third kappa shape index (κ3) is 2.50. The normalized spacial score (nSPS) is 9.56. The lowest BCUT2D eigenvalue weighted by molar-refractivity contribution is -0.385. The number of carboxylic acid groups (broad SMARTS) is 1. The number of carboxylic acids is 1. The average molecular weight is 225 g/mol. The van der Waals surface area contributed by atoms with E-state index in [2.05, 4.69) is 10.3 Å². The quantitative estimate of drug-likeness (QED) is 0.575. The zero-order valence-corrected chi connectivity index (χ0v) is 8.13. The molecule has 0 saturated heterocycles. The Morgan fingerprint density at radius 3 is 2.62 bits per heavy atom. The van der Waals surface area contributed by atoms with E-state index >= 15 is 0 Å². The van der Waals surface area contributed by atoms with Crippen LogP contribution in [0.25, 0.3) is 0 Å². The standard InChI is InChI=1S/C8H7N3O5/c1-4(12)10-7-6(8(13)14)2-5(3-9-7)11(15)16/h2-3H,1H3,(H,13,14)(H,9,10,12). The summed E-state index contributed by atoms with van der Waals surface area (Å²) < 4.78 is 0. The number of carbonyl (C=O) groups excluding carboxylic acids is 1. The molecular formula is C8H7N3O5. The molecule has 8 heteroatoms. The van der Waals surface area contributed by atoms with E-state index in [-0.39, 0.29) is 5.82 Å². The van der Waals surface area contributed by atoms with Gasteiger partial charge in [0.05, 0.1) is 4.92 Å². The fraction of sp³-hybridized carbons (Fsp3) is 0.125. The number of pyridine rings is 1. The van der Waals surface area contributed by atoms with Crippen molar-refractivity contribution in [3.05, 3.63) is 27.9 Å². The Morgan fingerprint density at radius 1 is 1.56 bits per heavy atom. The van der Waals surface area contributed by atoms with Crippen LogP contribution in [-0.2, 0) is 4.79 Å². The minimum absolute atomic E-state index is 0.217. The van der Waals surface area contributed by atoms with Crippen LogP contribution in [0.3, 0.4) is 0 Å². The third-order valence-corrected chi connectivity index (χ3v) is 1.61. The number of hydrogen-bond acceptors (Lipinski definition) is 5. The topological polar surface area (TPSA) is 122 Å². The summed E-state index contributed by atoms with van der Waals surface area (Å²) in [4.78, 5) is 34.6. The van der Waals surface area contributed by atoms with Gasteiger partial charge in [-0.3, -0.25) is 14.9 Å². The molecule has 0 saturated carbocycles. The maximum absolute atomic E-state index is 10.8. The molecule has 0 spiro atoms. The van der Waals surface area contributed by atoms with E-state index in [4.69, 9.17) is 5.11 Å². The van der Waals surface area contributed by atoms with Crippen LogP contribution < -0.4 is 5.32 Å². The number of rotatable bonds is 3. The number of aromatic nitrogens is 1. The molecule has 1 rings (SSSR count). The molecule has 0 atom stereocenters. The molecule has 84 valence electrons. The van der Waals surface area contributed by atoms with Gasteiger partial charge in [0.1, 0.15) is 17.6 Å². The van der Waals surface area contributed by atoms with Crippen LogP contribution in [0.4, 0.5) is 11.5 Å². The predicted octanol–water partition coefficient (Wildman–Crippen LogP) is 0.646. The van der Waals surface area contributed by atoms with Crippen molar-refractivity contribution in [3.8, 4) is 0 Å². The number of hydrogen-bond donors (Lipinski definition) is 2. The minimum Gasteiger partial charge on any atom is -0.478 e. The average Bonchev–Trinajstić information content (AvgIpc) is 2.16. The first kappa shape index (κ1) is 11.6. The van der Waals surface area contributed by atoms with Gasteiger partial charge in [0.25, 0.3) is 5.69 Å². The van der Waals surface area contributed by atoms with E-state index in [9.17, 15) is 19.7 Å². The fourth-order valence-electron chi connectivity index (χ4n) is 0.983. The number of amides is 1. The summed E-state index contributed by atoms with van der Waals surface area (Å²) in [5.41, 5.74) is -0.879. The molecule has 1 heterocycles. The number of nitrogens with one attached hydrogen (secondary N) is 1. The molecule has 1 aromatic rings. The van der Waals surface area contributed by atoms with Crippen molar-refractivity contribution < 1.29 is 19.6 Å². The maximum Gasteiger partial charge on any atom is 0.339 e. The lowest BCUT2D eigenvalue weighted by Gasteiger charge is -2.04. The zero-order valence-electron chi connectivity index (χ0n) is 8.13. The summed E-state index contributed by atoms with van der Waals surface area (Å²) in [5, 5.41) is 21.3. The van der Waals surface area contributed by atoms with Crippen molar-refractivity contribution >= 4 is 23.4 Å². The maximum atomic E-state index is 10.8. The van der Waals surface area contributed by atoms with Gasteiger partial charge in [0.2, 0.25) is 5.91 Å². The molecule has 0 bridgehead atoms. The van der Waals surface area contributed by atoms with Gasteiger partial charge in [-0.15, -0.1) is 0 Å². The van der Waals surface area contributed by atoms with E-state index in [0.29, 0.717) is 0 Å². The van der Waals surface area contributed by atoms with Crippen molar-refractivity contribution in [1.29, 1.82) is 0 Å². The lowest BCUT2D eigenvalue weighted by atomic mass is 10.2. The SMILES string of the molecule is CC(=O)Nc1ncc([N+](=O)[O-])cc1C(=O)O. The van der Waals surface area contributed by atoms with E-state index < -0.39 is 28.1 Å². The second-order valence-corrected chi connectivity index (χ2v) is 2.83. The summed E-state index contributed by atoms with van der Waals surface area (Å²) in [5.74, 6) is -2.13. The Labute approximate surface area is 89.1 Å². The highest BCUT2D eigenvalue weighted by Crippen LogP contribution is 2.18. The van der Waals surface area contributed by atoms with Crippen molar-refractivity contribution in [2.75, 3.05) is 5.32 Å². The van der Waals surface area contributed by atoms with Gasteiger partial charge in [-0.05, 0) is 0 Å². The second kappa shape index (κ2) is 4.34. The zero-order chi connectivity index (χ0) is 12.3. The molecule has 0 fully saturated rings. The van der Waals surface area contributed by atoms with E-state index in [1.54, 1.807) is 0 Å². The summed E-state index contributed by atoms with van der Waals surface area (Å²) in [6.45, 7) is 1.18. The van der Waals surface area contributed by atoms with Crippen LogP contribution in [0.2, 0.25) is 0 Å². The highest BCUT2D eigenvalue weighted by atomic mass is 16.6. The first-order valence-electron chi connectivity index (χ1n) is 4.07. The first-order valence-corrected chi connectivity index (χ1v) is 4.07. The van der Waals surface area contributed by atoms with Crippen LogP contribution in [0.15, 0.2) is 12.3 Å². The molecule has 8 nitrogen and oxygen atoms in total. The molecule has 0 aliphatic carbocycles. The number of nitro groups is 1. The van der Waals surface area contributed by atoms with Gasteiger partial charge < -0.3 is 10.4 Å². The van der Waals surface area contributed by atoms with E-state index in [0.717, 1.165) is 12.3 Å². The van der Waals surface area contributed by atoms with Gasteiger partial charge >= 0.3 is 5.97 Å². The third-order valence-electron chi connectivity index (χ3n) is 1.61. The Bertz CT molecular complexity index is 471. The van der Waals surface area contributed by atoms with Gasteiger partial charge in [0, 0.05) is 13.0 Å². The minimum atomic E-state index is -1.40. The van der Waals surface area contributed by atoms with Crippen LogP contribution in [0.1, 0.15) is 17.3 Å². The van der Waals surface area contributed by atoms with E-state index in [1.807, 2.05) is 0 Å². The molecule has 0 radical (unpaired) electrons. The fourth-order valence-corrected chi connectivity index (χ4v) is 0.983. The molecule has 0 aliphatic heterocycles. The summed E-state index contributed by atoms with van der Waals surface area (Å²) in [6.07, 6.45) is 0.873. The predicted molar refractivity (Wildman–Crippen MR) is 52.2 cm³/mol. The Kier molecular flexibility index (Phi) is 3.14. The molecule has 16 heavy (non-hydrogen) atoms. The monoisotopic (exact) mass is 225 g/mol. The molecular weight excluding hydrogens is 218 g/mol. The van der Waals surface area contributed by atoms with E-state index in [1.165, 1.54) is 6.92 Å². The summed E-state index contributed by atoms with van der Waals surface area (Å²) in [6, 6.07) is 0.834. The molecule has 1 aromatic heterocycles. The second-order valence-electron chi connectivity index (χ2n) is 2.83.